The molecule has 1 aromatic carbocycles. The molecule has 3 unspecified atom stereocenters. The van der Waals surface area contributed by atoms with E-state index < -0.39 is 11.2 Å². The molecule has 1 fully saturated rings. The number of carbonyl (C=O) groups excluding carboxylic acids is 3. The monoisotopic (exact) mass is 410 g/mol. The fourth-order valence-electron chi connectivity index (χ4n) is 3.03. The molecule has 0 radical (unpaired) electrons. The van der Waals surface area contributed by atoms with Gasteiger partial charge >= 0.3 is 5.97 Å². The van der Waals surface area contributed by atoms with Gasteiger partial charge in [0.25, 0.3) is 5.91 Å². The molecular weight excluding hydrogens is 383 g/mol. The van der Waals surface area contributed by atoms with E-state index in [2.05, 4.69) is 17.6 Å². The molecule has 0 aromatic heterocycles. The van der Waals surface area contributed by atoms with Gasteiger partial charge in [0.15, 0.2) is 6.61 Å². The molecule has 0 aliphatic heterocycles. The van der Waals surface area contributed by atoms with Gasteiger partial charge in [-0.1, -0.05) is 19.8 Å². The lowest BCUT2D eigenvalue weighted by molar-refractivity contribution is -0.148. The summed E-state index contributed by atoms with van der Waals surface area (Å²) in [6.07, 6.45) is 4.34. The van der Waals surface area contributed by atoms with Crippen LogP contribution in [0.15, 0.2) is 24.3 Å². The van der Waals surface area contributed by atoms with Crippen LogP contribution in [0.5, 0.6) is 0 Å². The first-order valence-electron chi connectivity index (χ1n) is 9.48. The van der Waals surface area contributed by atoms with Gasteiger partial charge in [-0.3, -0.25) is 14.4 Å². The molecule has 28 heavy (non-hydrogen) atoms. The number of benzene rings is 1. The first-order valence-corrected chi connectivity index (χ1v) is 10.5. The quantitative estimate of drug-likeness (QED) is 0.643. The van der Waals surface area contributed by atoms with Crippen molar-refractivity contribution >= 4 is 35.2 Å². The molecule has 0 heterocycles. The van der Waals surface area contributed by atoms with Crippen molar-refractivity contribution in [3.63, 3.8) is 0 Å². The largest absolute Gasteiger partial charge is 0.455 e. The third-order valence-electron chi connectivity index (χ3n) is 4.73. The van der Waals surface area contributed by atoms with E-state index in [1.54, 1.807) is 6.92 Å². The van der Waals surface area contributed by atoms with E-state index in [0.29, 0.717) is 11.6 Å². The molecule has 2 rings (SSSR count). The Morgan fingerprint density at radius 2 is 1.86 bits per heavy atom. The summed E-state index contributed by atoms with van der Waals surface area (Å²) in [6, 6.07) is 5.56. The number of carbonyl (C=O) groups is 3. The average molecular weight is 411 g/mol. The van der Waals surface area contributed by atoms with Gasteiger partial charge < -0.3 is 15.4 Å². The van der Waals surface area contributed by atoms with Crippen LogP contribution in [0.25, 0.3) is 0 Å². The number of nitrogens with one attached hydrogen (secondary N) is 2. The fraction of sp³-hybridized carbons (Fsp3) is 0.550. The summed E-state index contributed by atoms with van der Waals surface area (Å²) >= 11 is 1.11. The number of ether oxygens (including phenoxy) is 1. The van der Waals surface area contributed by atoms with E-state index in [4.69, 9.17) is 4.74 Å². The van der Waals surface area contributed by atoms with Gasteiger partial charge in [-0.2, -0.15) is 0 Å². The summed E-state index contributed by atoms with van der Waals surface area (Å²) < 4.78 is 17.9. The fourth-order valence-corrected chi connectivity index (χ4v) is 3.71. The van der Waals surface area contributed by atoms with Gasteiger partial charge in [0.1, 0.15) is 11.1 Å². The lowest BCUT2D eigenvalue weighted by atomic mass is 9.86. The zero-order chi connectivity index (χ0) is 20.5. The lowest BCUT2D eigenvalue weighted by Gasteiger charge is -2.29. The van der Waals surface area contributed by atoms with Crippen molar-refractivity contribution in [2.24, 2.45) is 5.92 Å². The van der Waals surface area contributed by atoms with Gasteiger partial charge in [0.2, 0.25) is 5.91 Å². The molecular formula is C20H27FN2O4S. The molecule has 0 saturated heterocycles. The van der Waals surface area contributed by atoms with Crippen LogP contribution in [0.3, 0.4) is 0 Å². The number of amides is 2. The summed E-state index contributed by atoms with van der Waals surface area (Å²) in [5.41, 5.74) is 0.482. The lowest BCUT2D eigenvalue weighted by Crippen LogP contribution is -2.43. The topological polar surface area (TPSA) is 84.5 Å². The normalized spacial score (nSPS) is 20.1. The molecule has 1 aliphatic rings. The predicted octanol–water partition coefficient (Wildman–Crippen LogP) is 3.12. The molecule has 8 heteroatoms. The number of rotatable bonds is 8. The Hall–Kier alpha value is -2.09. The Balaban J connectivity index is 1.65. The minimum absolute atomic E-state index is 0.0411. The van der Waals surface area contributed by atoms with Crippen molar-refractivity contribution in [3.05, 3.63) is 30.1 Å². The number of hydrogen-bond acceptors (Lipinski definition) is 5. The van der Waals surface area contributed by atoms with Crippen molar-refractivity contribution in [3.8, 4) is 0 Å². The van der Waals surface area contributed by atoms with E-state index in [-0.39, 0.29) is 36.0 Å². The number of anilines is 1. The molecule has 1 aromatic rings. The van der Waals surface area contributed by atoms with Crippen LogP contribution in [-0.2, 0) is 19.1 Å². The van der Waals surface area contributed by atoms with Gasteiger partial charge in [-0.05, 0) is 49.9 Å². The van der Waals surface area contributed by atoms with E-state index in [1.165, 1.54) is 30.7 Å². The van der Waals surface area contributed by atoms with E-state index in [1.807, 2.05) is 0 Å². The average Bonchev–Trinajstić information content (AvgIpc) is 2.68. The molecule has 0 bridgehead atoms. The zero-order valence-electron chi connectivity index (χ0n) is 16.2. The van der Waals surface area contributed by atoms with Crippen LogP contribution in [-0.4, -0.2) is 41.4 Å². The number of hydrogen-bond donors (Lipinski definition) is 2. The summed E-state index contributed by atoms with van der Waals surface area (Å²) in [5, 5.41) is 4.97. The Labute approximate surface area is 169 Å². The maximum absolute atomic E-state index is 12.9. The molecule has 3 atom stereocenters. The second kappa shape index (κ2) is 11.0. The number of thioether (sulfide) groups is 1. The second-order valence-electron chi connectivity index (χ2n) is 7.05. The van der Waals surface area contributed by atoms with Crippen LogP contribution < -0.4 is 10.6 Å². The van der Waals surface area contributed by atoms with Crippen molar-refractivity contribution in [2.75, 3.05) is 17.7 Å². The summed E-state index contributed by atoms with van der Waals surface area (Å²) in [5.74, 6) is -1.04. The Morgan fingerprint density at radius 1 is 1.18 bits per heavy atom. The summed E-state index contributed by atoms with van der Waals surface area (Å²) in [4.78, 5) is 35.9. The Kier molecular flexibility index (Phi) is 8.76. The van der Waals surface area contributed by atoms with E-state index in [9.17, 15) is 18.8 Å². The maximum Gasteiger partial charge on any atom is 0.319 e. The molecule has 6 nitrogen and oxygen atoms in total. The third kappa shape index (κ3) is 7.50. The van der Waals surface area contributed by atoms with Crippen LogP contribution in [0.4, 0.5) is 10.1 Å². The summed E-state index contributed by atoms with van der Waals surface area (Å²) in [7, 11) is 0. The van der Waals surface area contributed by atoms with Gasteiger partial charge in [0.05, 0.1) is 5.75 Å². The Morgan fingerprint density at radius 3 is 2.54 bits per heavy atom. The van der Waals surface area contributed by atoms with Crippen molar-refractivity contribution < 1.29 is 23.5 Å². The third-order valence-corrected chi connectivity index (χ3v) is 5.85. The van der Waals surface area contributed by atoms with Gasteiger partial charge in [-0.25, -0.2) is 4.39 Å². The SMILES string of the molecule is CC(SCC(=O)Nc1ccc(F)cc1)C(=O)OCC(=O)NC1CCCCC1C. The van der Waals surface area contributed by atoms with Crippen LogP contribution in [0.1, 0.15) is 39.5 Å². The van der Waals surface area contributed by atoms with Gasteiger partial charge in [-0.15, -0.1) is 11.8 Å². The maximum atomic E-state index is 12.9. The molecule has 154 valence electrons. The van der Waals surface area contributed by atoms with E-state index >= 15 is 0 Å². The molecule has 1 saturated carbocycles. The highest BCUT2D eigenvalue weighted by Crippen LogP contribution is 2.23. The molecule has 2 amide bonds. The zero-order valence-corrected chi connectivity index (χ0v) is 17.0. The van der Waals surface area contributed by atoms with E-state index in [0.717, 1.165) is 31.0 Å². The van der Waals surface area contributed by atoms with Crippen molar-refractivity contribution in [1.29, 1.82) is 0 Å². The van der Waals surface area contributed by atoms with Crippen molar-refractivity contribution in [2.45, 2.75) is 50.8 Å². The predicted molar refractivity (Wildman–Crippen MR) is 107 cm³/mol. The highest BCUT2D eigenvalue weighted by molar-refractivity contribution is 8.01. The number of halogens is 1. The van der Waals surface area contributed by atoms with Crippen LogP contribution >= 0.6 is 11.8 Å². The molecule has 0 spiro atoms. The van der Waals surface area contributed by atoms with Crippen LogP contribution in [0.2, 0.25) is 0 Å². The van der Waals surface area contributed by atoms with Crippen molar-refractivity contribution in [1.82, 2.24) is 5.32 Å². The van der Waals surface area contributed by atoms with Gasteiger partial charge in [0, 0.05) is 11.7 Å². The standard InChI is InChI=1S/C20H27FN2O4S/c1-13-5-3-4-6-17(13)23-18(24)11-27-20(26)14(2)28-12-19(25)22-16-9-7-15(21)8-10-16/h7-10,13-14,17H,3-6,11-12H2,1-2H3,(H,22,25)(H,23,24). The molecule has 2 N–H and O–H groups in total. The minimum Gasteiger partial charge on any atom is -0.455 e. The highest BCUT2D eigenvalue weighted by atomic mass is 32.2. The summed E-state index contributed by atoms with van der Waals surface area (Å²) in [6.45, 7) is 3.43. The Bertz CT molecular complexity index is 683. The smallest absolute Gasteiger partial charge is 0.319 e. The molecule has 1 aliphatic carbocycles. The minimum atomic E-state index is -0.583. The second-order valence-corrected chi connectivity index (χ2v) is 8.38. The van der Waals surface area contributed by atoms with Crippen LogP contribution in [0, 0.1) is 11.7 Å². The first kappa shape index (κ1) is 22.2. The highest BCUT2D eigenvalue weighted by Gasteiger charge is 2.24. The first-order chi connectivity index (χ1) is 13.3. The number of esters is 1.